The molecule has 0 radical (unpaired) electrons. The average Bonchev–Trinajstić information content (AvgIpc) is 2.66. The van der Waals surface area contributed by atoms with Crippen molar-refractivity contribution < 1.29 is 27.1 Å². The number of piperidine rings is 1. The minimum absolute atomic E-state index is 0.0221. The predicted octanol–water partition coefficient (Wildman–Crippen LogP) is 4.45. The molecular weight excluding hydrogens is 388 g/mol. The number of alkyl halides is 3. The standard InChI is InChI=1S/C21H30F4N2O2/c1-5-14(2)20(28)17(13-27-10-8-16(9-11-27)26(3)4)15-6-7-19(18(22)12-15)29-21(23,24)25/h6-7,12,14,16-17H,5,8-11,13H2,1-4H3/t14?,17-/m1/s1. The predicted molar refractivity (Wildman–Crippen MR) is 103 cm³/mol. The zero-order valence-electron chi connectivity index (χ0n) is 17.4. The van der Waals surface area contributed by atoms with Crippen molar-refractivity contribution in [2.24, 2.45) is 5.92 Å². The molecule has 1 aromatic carbocycles. The molecule has 1 aliphatic heterocycles. The third-order valence-electron chi connectivity index (χ3n) is 5.75. The van der Waals surface area contributed by atoms with Crippen LogP contribution in [0.1, 0.15) is 44.6 Å². The highest BCUT2D eigenvalue weighted by Gasteiger charge is 2.33. The molecule has 1 aliphatic rings. The summed E-state index contributed by atoms with van der Waals surface area (Å²) in [5.74, 6) is -2.83. The van der Waals surface area contributed by atoms with Gasteiger partial charge < -0.3 is 14.5 Å². The molecule has 4 nitrogen and oxygen atoms in total. The highest BCUT2D eigenvalue weighted by Crippen LogP contribution is 2.31. The average molecular weight is 418 g/mol. The van der Waals surface area contributed by atoms with Crippen LogP contribution in [0.2, 0.25) is 0 Å². The monoisotopic (exact) mass is 418 g/mol. The molecule has 1 heterocycles. The Bertz CT molecular complexity index is 686. The van der Waals surface area contributed by atoms with Gasteiger partial charge in [-0.25, -0.2) is 4.39 Å². The maximum absolute atomic E-state index is 14.3. The van der Waals surface area contributed by atoms with Gasteiger partial charge in [-0.15, -0.1) is 13.2 Å². The smallest absolute Gasteiger partial charge is 0.403 e. The van der Waals surface area contributed by atoms with Gasteiger partial charge in [0.05, 0.1) is 5.92 Å². The van der Waals surface area contributed by atoms with Crippen LogP contribution in [0.5, 0.6) is 5.75 Å². The Hall–Kier alpha value is -1.67. The number of hydrogen-bond donors (Lipinski definition) is 0. The quantitative estimate of drug-likeness (QED) is 0.584. The summed E-state index contributed by atoms with van der Waals surface area (Å²) in [6.45, 7) is 5.81. The normalized spacial score (nSPS) is 18.7. The number of ketones is 1. The van der Waals surface area contributed by atoms with Crippen molar-refractivity contribution >= 4 is 5.78 Å². The van der Waals surface area contributed by atoms with Gasteiger partial charge in [0, 0.05) is 18.5 Å². The largest absolute Gasteiger partial charge is 0.573 e. The van der Waals surface area contributed by atoms with Crippen molar-refractivity contribution in [3.05, 3.63) is 29.6 Å². The number of benzene rings is 1. The van der Waals surface area contributed by atoms with Crippen LogP contribution < -0.4 is 4.74 Å². The minimum atomic E-state index is -4.97. The third kappa shape index (κ3) is 6.67. The number of Topliss-reactive ketones (excluding diaryl/α,β-unsaturated/α-hetero) is 1. The van der Waals surface area contributed by atoms with Crippen molar-refractivity contribution in [3.8, 4) is 5.75 Å². The maximum atomic E-state index is 14.3. The number of rotatable bonds is 8. The first kappa shape index (κ1) is 23.6. The molecule has 0 amide bonds. The summed E-state index contributed by atoms with van der Waals surface area (Å²) in [6, 6.07) is 3.80. The Morgan fingerprint density at radius 3 is 2.38 bits per heavy atom. The summed E-state index contributed by atoms with van der Waals surface area (Å²) >= 11 is 0. The molecule has 1 fully saturated rings. The van der Waals surface area contributed by atoms with E-state index in [1.165, 1.54) is 6.07 Å². The molecule has 0 aliphatic carbocycles. The van der Waals surface area contributed by atoms with Gasteiger partial charge in [0.2, 0.25) is 0 Å². The zero-order valence-corrected chi connectivity index (χ0v) is 17.4. The molecule has 2 rings (SSSR count). The first-order valence-corrected chi connectivity index (χ1v) is 9.99. The molecule has 0 saturated carbocycles. The zero-order chi connectivity index (χ0) is 21.8. The summed E-state index contributed by atoms with van der Waals surface area (Å²) in [7, 11) is 4.09. The highest BCUT2D eigenvalue weighted by atomic mass is 19.4. The lowest BCUT2D eigenvalue weighted by Gasteiger charge is -2.37. The van der Waals surface area contributed by atoms with E-state index in [1.807, 2.05) is 27.9 Å². The number of nitrogens with zero attached hydrogens (tertiary/aromatic N) is 2. The molecular formula is C21H30F4N2O2. The summed E-state index contributed by atoms with van der Waals surface area (Å²) < 4.78 is 55.2. The third-order valence-corrected chi connectivity index (χ3v) is 5.75. The van der Waals surface area contributed by atoms with Crippen molar-refractivity contribution in [2.75, 3.05) is 33.7 Å². The fraction of sp³-hybridized carbons (Fsp3) is 0.667. The number of halogens is 4. The van der Waals surface area contributed by atoms with Crippen LogP contribution in [-0.2, 0) is 4.79 Å². The SMILES string of the molecule is CCC(C)C(=O)[C@H](CN1CCC(N(C)C)CC1)c1ccc(OC(F)(F)F)c(F)c1. The highest BCUT2D eigenvalue weighted by molar-refractivity contribution is 5.87. The van der Waals surface area contributed by atoms with Gasteiger partial charge in [0.1, 0.15) is 5.78 Å². The first-order valence-electron chi connectivity index (χ1n) is 9.99. The second-order valence-corrected chi connectivity index (χ2v) is 8.00. The van der Waals surface area contributed by atoms with E-state index in [1.54, 1.807) is 0 Å². The number of carbonyl (C=O) groups is 1. The van der Waals surface area contributed by atoms with E-state index in [0.717, 1.165) is 38.1 Å². The van der Waals surface area contributed by atoms with Gasteiger partial charge >= 0.3 is 6.36 Å². The minimum Gasteiger partial charge on any atom is -0.403 e. The summed E-state index contributed by atoms with van der Waals surface area (Å²) in [6.07, 6.45) is -2.37. The number of ether oxygens (including phenoxy) is 1. The summed E-state index contributed by atoms with van der Waals surface area (Å²) in [5, 5.41) is 0. The Labute approximate surface area is 169 Å². The molecule has 0 N–H and O–H groups in total. The molecule has 1 unspecified atom stereocenters. The number of likely N-dealkylation sites (tertiary alicyclic amines) is 1. The van der Waals surface area contributed by atoms with Crippen molar-refractivity contribution in [1.29, 1.82) is 0 Å². The van der Waals surface area contributed by atoms with Crippen LogP contribution in [-0.4, -0.2) is 61.7 Å². The Morgan fingerprint density at radius 2 is 1.90 bits per heavy atom. The van der Waals surface area contributed by atoms with Gasteiger partial charge in [0.25, 0.3) is 0 Å². The van der Waals surface area contributed by atoms with Crippen LogP contribution in [0.4, 0.5) is 17.6 Å². The van der Waals surface area contributed by atoms with Crippen LogP contribution in [0.15, 0.2) is 18.2 Å². The van der Waals surface area contributed by atoms with Crippen molar-refractivity contribution in [2.45, 2.75) is 51.4 Å². The van der Waals surface area contributed by atoms with Gasteiger partial charge in [-0.1, -0.05) is 19.9 Å². The van der Waals surface area contributed by atoms with E-state index in [0.29, 0.717) is 24.6 Å². The lowest BCUT2D eigenvalue weighted by Crippen LogP contribution is -2.44. The number of carbonyl (C=O) groups excluding carboxylic acids is 1. The summed E-state index contributed by atoms with van der Waals surface area (Å²) in [5.41, 5.74) is 0.386. The van der Waals surface area contributed by atoms with Gasteiger partial charge in [-0.05, 0) is 64.1 Å². The Balaban J connectivity index is 2.20. The molecule has 1 aromatic rings. The van der Waals surface area contributed by atoms with Crippen LogP contribution in [0.25, 0.3) is 0 Å². The van der Waals surface area contributed by atoms with Gasteiger partial charge in [-0.3, -0.25) is 4.79 Å². The van der Waals surface area contributed by atoms with Crippen molar-refractivity contribution in [3.63, 3.8) is 0 Å². The molecule has 8 heteroatoms. The van der Waals surface area contributed by atoms with E-state index >= 15 is 0 Å². The van der Waals surface area contributed by atoms with E-state index < -0.39 is 23.8 Å². The number of hydrogen-bond acceptors (Lipinski definition) is 4. The summed E-state index contributed by atoms with van der Waals surface area (Å²) in [4.78, 5) is 17.3. The molecule has 2 atom stereocenters. The topological polar surface area (TPSA) is 32.8 Å². The fourth-order valence-electron chi connectivity index (χ4n) is 3.72. The molecule has 164 valence electrons. The van der Waals surface area contributed by atoms with Crippen molar-refractivity contribution in [1.82, 2.24) is 9.80 Å². The lowest BCUT2D eigenvalue weighted by molar-refractivity contribution is -0.275. The van der Waals surface area contributed by atoms with E-state index in [4.69, 9.17) is 0 Å². The Morgan fingerprint density at radius 1 is 1.28 bits per heavy atom. The molecule has 0 spiro atoms. The molecule has 0 aromatic heterocycles. The van der Waals surface area contributed by atoms with Gasteiger partial charge in [0.15, 0.2) is 11.6 Å². The molecule has 0 bridgehead atoms. The maximum Gasteiger partial charge on any atom is 0.573 e. The first-order chi connectivity index (χ1) is 13.5. The van der Waals surface area contributed by atoms with E-state index in [-0.39, 0.29) is 11.7 Å². The van der Waals surface area contributed by atoms with Gasteiger partial charge in [-0.2, -0.15) is 0 Å². The molecule has 29 heavy (non-hydrogen) atoms. The van der Waals surface area contributed by atoms with Crippen LogP contribution >= 0.6 is 0 Å². The molecule has 1 saturated heterocycles. The Kier molecular flexibility index (Phi) is 8.05. The second kappa shape index (κ2) is 9.89. The lowest BCUT2D eigenvalue weighted by atomic mass is 9.86. The van der Waals surface area contributed by atoms with Crippen LogP contribution in [0, 0.1) is 11.7 Å². The van der Waals surface area contributed by atoms with Crippen LogP contribution in [0.3, 0.4) is 0 Å². The van der Waals surface area contributed by atoms with E-state index in [2.05, 4.69) is 14.5 Å². The fourth-order valence-corrected chi connectivity index (χ4v) is 3.72. The second-order valence-electron chi connectivity index (χ2n) is 8.00. The van der Waals surface area contributed by atoms with E-state index in [9.17, 15) is 22.4 Å².